The first-order valence-electron chi connectivity index (χ1n) is 8.49. The number of benzene rings is 1. The SMILES string of the molecule is CCOc1ccc(-c2ccc(C3COC(c4cnccn4)=N3)cc2)cn1. The van der Waals surface area contributed by atoms with Gasteiger partial charge in [0.1, 0.15) is 18.3 Å². The molecule has 2 aromatic heterocycles. The number of rotatable bonds is 5. The predicted octanol–water partition coefficient (Wildman–Crippen LogP) is 3.46. The number of aromatic nitrogens is 3. The van der Waals surface area contributed by atoms with Crippen molar-refractivity contribution >= 4 is 5.90 Å². The molecule has 26 heavy (non-hydrogen) atoms. The molecule has 3 heterocycles. The highest BCUT2D eigenvalue weighted by molar-refractivity contribution is 5.93. The number of aliphatic imine (C=N–C) groups is 1. The van der Waals surface area contributed by atoms with E-state index >= 15 is 0 Å². The van der Waals surface area contributed by atoms with Crippen molar-refractivity contribution in [3.8, 4) is 17.0 Å². The molecule has 0 spiro atoms. The highest BCUT2D eigenvalue weighted by Crippen LogP contribution is 2.27. The molecule has 0 N–H and O–H groups in total. The first kappa shape index (κ1) is 16.2. The quantitative estimate of drug-likeness (QED) is 0.708. The second-order valence-corrected chi connectivity index (χ2v) is 5.79. The van der Waals surface area contributed by atoms with Gasteiger partial charge in [-0.05, 0) is 24.1 Å². The lowest BCUT2D eigenvalue weighted by Gasteiger charge is -2.08. The molecular weight excluding hydrogens is 328 g/mol. The van der Waals surface area contributed by atoms with E-state index in [1.54, 1.807) is 18.6 Å². The van der Waals surface area contributed by atoms with E-state index in [0.717, 1.165) is 16.7 Å². The third kappa shape index (κ3) is 3.39. The topological polar surface area (TPSA) is 69.5 Å². The van der Waals surface area contributed by atoms with E-state index in [-0.39, 0.29) is 6.04 Å². The van der Waals surface area contributed by atoms with Gasteiger partial charge in [-0.2, -0.15) is 0 Å². The summed E-state index contributed by atoms with van der Waals surface area (Å²) in [6, 6.07) is 12.2. The molecule has 0 radical (unpaired) electrons. The fraction of sp³-hybridized carbons (Fsp3) is 0.200. The molecule has 1 atom stereocenters. The van der Waals surface area contributed by atoms with Crippen LogP contribution in [0.5, 0.6) is 5.88 Å². The van der Waals surface area contributed by atoms with E-state index in [9.17, 15) is 0 Å². The van der Waals surface area contributed by atoms with Gasteiger partial charge in [-0.3, -0.25) is 4.98 Å². The Morgan fingerprint density at radius 1 is 1.00 bits per heavy atom. The van der Waals surface area contributed by atoms with Crippen LogP contribution in [0.2, 0.25) is 0 Å². The van der Waals surface area contributed by atoms with Gasteiger partial charge in [-0.25, -0.2) is 15.0 Å². The molecule has 1 aromatic carbocycles. The van der Waals surface area contributed by atoms with E-state index < -0.39 is 0 Å². The van der Waals surface area contributed by atoms with Gasteiger partial charge in [0.2, 0.25) is 11.8 Å². The molecule has 0 bridgehead atoms. The summed E-state index contributed by atoms with van der Waals surface area (Å²) >= 11 is 0. The Morgan fingerprint density at radius 2 is 1.85 bits per heavy atom. The minimum atomic E-state index is -0.0282. The molecule has 6 nitrogen and oxygen atoms in total. The van der Waals surface area contributed by atoms with Crippen LogP contribution in [0.1, 0.15) is 24.2 Å². The zero-order valence-corrected chi connectivity index (χ0v) is 14.4. The summed E-state index contributed by atoms with van der Waals surface area (Å²) < 4.78 is 11.1. The van der Waals surface area contributed by atoms with E-state index in [0.29, 0.717) is 30.7 Å². The highest BCUT2D eigenvalue weighted by Gasteiger charge is 2.22. The van der Waals surface area contributed by atoms with Gasteiger partial charge in [-0.15, -0.1) is 0 Å². The molecule has 1 unspecified atom stereocenters. The summed E-state index contributed by atoms with van der Waals surface area (Å²) in [5.41, 5.74) is 3.91. The Kier molecular flexibility index (Phi) is 4.55. The summed E-state index contributed by atoms with van der Waals surface area (Å²) in [5.74, 6) is 1.18. The first-order chi connectivity index (χ1) is 12.8. The Morgan fingerprint density at radius 3 is 2.54 bits per heavy atom. The maximum atomic E-state index is 5.68. The first-order valence-corrected chi connectivity index (χ1v) is 8.49. The summed E-state index contributed by atoms with van der Waals surface area (Å²) in [5, 5.41) is 0. The lowest BCUT2D eigenvalue weighted by atomic mass is 10.0. The molecule has 130 valence electrons. The van der Waals surface area contributed by atoms with Gasteiger partial charge < -0.3 is 9.47 Å². The van der Waals surface area contributed by atoms with Crippen molar-refractivity contribution in [1.82, 2.24) is 15.0 Å². The van der Waals surface area contributed by atoms with Gasteiger partial charge >= 0.3 is 0 Å². The van der Waals surface area contributed by atoms with Crippen LogP contribution in [0.15, 0.2) is 66.2 Å². The molecule has 1 aliphatic heterocycles. The molecule has 6 heteroatoms. The zero-order valence-electron chi connectivity index (χ0n) is 14.4. The largest absolute Gasteiger partial charge is 0.478 e. The summed E-state index contributed by atoms with van der Waals surface area (Å²) in [7, 11) is 0. The second-order valence-electron chi connectivity index (χ2n) is 5.79. The van der Waals surface area contributed by atoms with Crippen molar-refractivity contribution in [1.29, 1.82) is 0 Å². The maximum Gasteiger partial charge on any atom is 0.237 e. The van der Waals surface area contributed by atoms with Crippen LogP contribution in [0, 0.1) is 0 Å². The van der Waals surface area contributed by atoms with Gasteiger partial charge in [0.05, 0.1) is 12.8 Å². The summed E-state index contributed by atoms with van der Waals surface area (Å²) in [6.45, 7) is 3.07. The van der Waals surface area contributed by atoms with Gasteiger partial charge in [0, 0.05) is 30.2 Å². The maximum absolute atomic E-state index is 5.68. The molecule has 0 aliphatic carbocycles. The number of pyridine rings is 1. The Bertz CT molecular complexity index is 893. The van der Waals surface area contributed by atoms with Crippen LogP contribution in [0.3, 0.4) is 0 Å². The van der Waals surface area contributed by atoms with Crippen LogP contribution < -0.4 is 4.74 Å². The predicted molar refractivity (Wildman–Crippen MR) is 98.1 cm³/mol. The fourth-order valence-electron chi connectivity index (χ4n) is 2.78. The van der Waals surface area contributed by atoms with Gasteiger partial charge in [0.25, 0.3) is 0 Å². The number of hydrogen-bond acceptors (Lipinski definition) is 6. The zero-order chi connectivity index (χ0) is 17.8. The summed E-state index contributed by atoms with van der Waals surface area (Å²) in [6.07, 6.45) is 6.74. The Hall–Kier alpha value is -3.28. The van der Waals surface area contributed by atoms with Crippen molar-refractivity contribution < 1.29 is 9.47 Å². The van der Waals surface area contributed by atoms with Crippen molar-refractivity contribution in [3.05, 3.63) is 72.4 Å². The molecular formula is C20H18N4O2. The van der Waals surface area contributed by atoms with Gasteiger partial charge in [-0.1, -0.05) is 24.3 Å². The molecule has 1 aliphatic rings. The molecule has 3 aromatic rings. The second kappa shape index (κ2) is 7.31. The van der Waals surface area contributed by atoms with Crippen LogP contribution in [-0.4, -0.2) is 34.1 Å². The molecule has 0 saturated carbocycles. The van der Waals surface area contributed by atoms with E-state index in [1.807, 2.05) is 25.3 Å². The Labute approximate surface area is 151 Å². The minimum absolute atomic E-state index is 0.0282. The average Bonchev–Trinajstić information content (AvgIpc) is 3.20. The van der Waals surface area contributed by atoms with E-state index in [2.05, 4.69) is 44.2 Å². The smallest absolute Gasteiger partial charge is 0.237 e. The monoisotopic (exact) mass is 346 g/mol. The van der Waals surface area contributed by atoms with Gasteiger partial charge in [0.15, 0.2) is 0 Å². The number of nitrogens with zero attached hydrogens (tertiary/aromatic N) is 4. The lowest BCUT2D eigenvalue weighted by Crippen LogP contribution is -2.03. The minimum Gasteiger partial charge on any atom is -0.478 e. The third-order valence-electron chi connectivity index (χ3n) is 4.09. The van der Waals surface area contributed by atoms with Crippen LogP contribution >= 0.6 is 0 Å². The van der Waals surface area contributed by atoms with Crippen molar-refractivity contribution in [2.24, 2.45) is 4.99 Å². The number of ether oxygens (including phenoxy) is 2. The number of hydrogen-bond donors (Lipinski definition) is 0. The summed E-state index contributed by atoms with van der Waals surface area (Å²) in [4.78, 5) is 17.2. The third-order valence-corrected chi connectivity index (χ3v) is 4.09. The Balaban J connectivity index is 1.50. The van der Waals surface area contributed by atoms with Crippen LogP contribution in [-0.2, 0) is 4.74 Å². The molecule has 0 fully saturated rings. The van der Waals surface area contributed by atoms with E-state index in [4.69, 9.17) is 9.47 Å². The molecule has 0 saturated heterocycles. The molecule has 4 rings (SSSR count). The standard InChI is InChI=1S/C20H18N4O2/c1-2-25-19-8-7-16(11-23-19)14-3-5-15(6-4-14)18-13-26-20(24-18)17-12-21-9-10-22-17/h3-12,18H,2,13H2,1H3. The lowest BCUT2D eigenvalue weighted by molar-refractivity contribution is 0.319. The normalized spacial score (nSPS) is 16.0. The van der Waals surface area contributed by atoms with Crippen molar-refractivity contribution in [3.63, 3.8) is 0 Å². The van der Waals surface area contributed by atoms with Crippen molar-refractivity contribution in [2.45, 2.75) is 13.0 Å². The highest BCUT2D eigenvalue weighted by atomic mass is 16.5. The fourth-order valence-corrected chi connectivity index (χ4v) is 2.78. The van der Waals surface area contributed by atoms with E-state index in [1.165, 1.54) is 0 Å². The van der Waals surface area contributed by atoms with Crippen LogP contribution in [0.4, 0.5) is 0 Å². The average molecular weight is 346 g/mol. The van der Waals surface area contributed by atoms with Crippen molar-refractivity contribution in [2.75, 3.05) is 13.2 Å². The van der Waals surface area contributed by atoms with Crippen LogP contribution in [0.25, 0.3) is 11.1 Å². The molecule has 0 amide bonds.